The first-order chi connectivity index (χ1) is 19.4. The van der Waals surface area contributed by atoms with Crippen LogP contribution in [0.5, 0.6) is 5.75 Å². The Morgan fingerprint density at radius 2 is 1.66 bits per heavy atom. The van der Waals surface area contributed by atoms with Crippen molar-refractivity contribution < 1.29 is 27.1 Å². The van der Waals surface area contributed by atoms with Crippen LogP contribution in [-0.2, 0) is 32.6 Å². The molecule has 0 aliphatic rings. The van der Waals surface area contributed by atoms with Crippen molar-refractivity contribution in [2.75, 3.05) is 24.2 Å². The lowest BCUT2D eigenvalue weighted by Crippen LogP contribution is -2.54. The lowest BCUT2D eigenvalue weighted by molar-refractivity contribution is -0.140. The molecule has 0 aromatic heterocycles. The Balaban J connectivity index is 2.10. The zero-order valence-corrected chi connectivity index (χ0v) is 24.9. The number of amides is 2. The third kappa shape index (κ3) is 8.78. The van der Waals surface area contributed by atoms with Crippen molar-refractivity contribution >= 4 is 27.5 Å². The summed E-state index contributed by atoms with van der Waals surface area (Å²) in [7, 11) is -2.52. The fraction of sp³-hybridized carbons (Fsp3) is 0.355. The van der Waals surface area contributed by atoms with Crippen LogP contribution in [0, 0.1) is 12.7 Å². The third-order valence-corrected chi connectivity index (χ3v) is 7.95. The predicted octanol–water partition coefficient (Wildman–Crippen LogP) is 4.46. The summed E-state index contributed by atoms with van der Waals surface area (Å²) in [6.07, 6.45) is 1.90. The highest BCUT2D eigenvalue weighted by Crippen LogP contribution is 2.31. The molecule has 3 aromatic carbocycles. The quantitative estimate of drug-likeness (QED) is 0.321. The first kappa shape index (κ1) is 31.6. The van der Waals surface area contributed by atoms with Crippen molar-refractivity contribution in [2.45, 2.75) is 52.2 Å². The lowest BCUT2D eigenvalue weighted by atomic mass is 10.0. The van der Waals surface area contributed by atoms with E-state index in [9.17, 15) is 22.4 Å². The van der Waals surface area contributed by atoms with E-state index in [0.29, 0.717) is 12.0 Å². The van der Waals surface area contributed by atoms with Gasteiger partial charge in [0.05, 0.1) is 19.1 Å². The Hall–Kier alpha value is -3.92. The van der Waals surface area contributed by atoms with Gasteiger partial charge in [-0.1, -0.05) is 55.5 Å². The highest BCUT2D eigenvalue weighted by molar-refractivity contribution is 7.92. The Morgan fingerprint density at radius 1 is 1.00 bits per heavy atom. The second-order valence-electron chi connectivity index (χ2n) is 10.1. The van der Waals surface area contributed by atoms with Gasteiger partial charge in [-0.3, -0.25) is 13.9 Å². The molecule has 220 valence electrons. The largest absolute Gasteiger partial charge is 0.495 e. The van der Waals surface area contributed by atoms with E-state index < -0.39 is 34.3 Å². The second kappa shape index (κ2) is 14.1. The van der Waals surface area contributed by atoms with Crippen LogP contribution < -0.4 is 14.4 Å². The number of hydrogen-bond donors (Lipinski definition) is 1. The molecule has 0 aliphatic carbocycles. The summed E-state index contributed by atoms with van der Waals surface area (Å²) in [5.74, 6) is -1.10. The molecule has 2 unspecified atom stereocenters. The van der Waals surface area contributed by atoms with Crippen molar-refractivity contribution in [1.82, 2.24) is 10.2 Å². The summed E-state index contributed by atoms with van der Waals surface area (Å²) in [6.45, 7) is 5.02. The Labute approximate surface area is 242 Å². The second-order valence-corrected chi connectivity index (χ2v) is 12.0. The third-order valence-electron chi connectivity index (χ3n) is 6.82. The fourth-order valence-electron chi connectivity index (χ4n) is 4.37. The van der Waals surface area contributed by atoms with Gasteiger partial charge in [-0.15, -0.1) is 0 Å². The molecule has 0 fully saturated rings. The molecular formula is C31H38FN3O5S. The molecule has 3 aromatic rings. The molecule has 3 rings (SSSR count). The molecule has 0 heterocycles. The molecule has 0 spiro atoms. The number of benzene rings is 3. The summed E-state index contributed by atoms with van der Waals surface area (Å²) >= 11 is 0. The zero-order valence-electron chi connectivity index (χ0n) is 24.1. The van der Waals surface area contributed by atoms with Crippen LogP contribution in [0.25, 0.3) is 0 Å². The molecule has 0 saturated carbocycles. The number of ether oxygens (including phenoxy) is 1. The first-order valence-electron chi connectivity index (χ1n) is 13.4. The average Bonchev–Trinajstić information content (AvgIpc) is 2.94. The van der Waals surface area contributed by atoms with Crippen LogP contribution in [0.4, 0.5) is 10.1 Å². The highest BCUT2D eigenvalue weighted by Gasteiger charge is 2.34. The van der Waals surface area contributed by atoms with Crippen molar-refractivity contribution in [2.24, 2.45) is 0 Å². The van der Waals surface area contributed by atoms with Crippen molar-refractivity contribution in [1.29, 1.82) is 0 Å². The smallest absolute Gasteiger partial charge is 0.244 e. The summed E-state index contributed by atoms with van der Waals surface area (Å²) in [6, 6.07) is 18.9. The van der Waals surface area contributed by atoms with Gasteiger partial charge in [0.25, 0.3) is 0 Å². The van der Waals surface area contributed by atoms with E-state index in [2.05, 4.69) is 5.32 Å². The van der Waals surface area contributed by atoms with Crippen molar-refractivity contribution in [3.05, 3.63) is 95.3 Å². The van der Waals surface area contributed by atoms with Gasteiger partial charge in [0.15, 0.2) is 0 Å². The van der Waals surface area contributed by atoms with E-state index in [1.165, 1.54) is 24.1 Å². The van der Waals surface area contributed by atoms with E-state index in [1.54, 1.807) is 37.3 Å². The summed E-state index contributed by atoms with van der Waals surface area (Å²) in [4.78, 5) is 29.2. The Morgan fingerprint density at radius 3 is 2.24 bits per heavy atom. The Bertz CT molecular complexity index is 1430. The molecule has 10 heteroatoms. The number of methoxy groups -OCH3 is 1. The Kier molecular flexibility index (Phi) is 10.9. The maximum atomic E-state index is 14.1. The van der Waals surface area contributed by atoms with Gasteiger partial charge in [-0.2, -0.15) is 0 Å². The molecule has 0 bridgehead atoms. The molecular weight excluding hydrogens is 545 g/mol. The molecule has 0 radical (unpaired) electrons. The number of nitrogens with zero attached hydrogens (tertiary/aromatic N) is 2. The molecule has 2 atom stereocenters. The molecule has 0 saturated heterocycles. The summed E-state index contributed by atoms with van der Waals surface area (Å²) in [5, 5.41) is 2.98. The van der Waals surface area contributed by atoms with Crippen LogP contribution in [0.3, 0.4) is 0 Å². The SMILES string of the molecule is CCC(C)NC(=O)C(Cc1ccccc1)N(Cc1ccc(F)cc1)C(=O)CN(c1cc(C)ccc1OC)S(C)(=O)=O. The number of aryl methyl sites for hydroxylation is 1. The highest BCUT2D eigenvalue weighted by atomic mass is 32.2. The number of anilines is 1. The van der Waals surface area contributed by atoms with E-state index >= 15 is 0 Å². The monoisotopic (exact) mass is 583 g/mol. The number of sulfonamides is 1. The maximum Gasteiger partial charge on any atom is 0.244 e. The molecule has 0 aliphatic heterocycles. The molecule has 8 nitrogen and oxygen atoms in total. The van der Waals surface area contributed by atoms with Gasteiger partial charge in [0, 0.05) is 19.0 Å². The minimum atomic E-state index is -3.95. The van der Waals surface area contributed by atoms with E-state index in [-0.39, 0.29) is 36.4 Å². The first-order valence-corrected chi connectivity index (χ1v) is 15.3. The maximum absolute atomic E-state index is 14.1. The minimum Gasteiger partial charge on any atom is -0.495 e. The number of nitrogens with one attached hydrogen (secondary N) is 1. The van der Waals surface area contributed by atoms with Crippen LogP contribution >= 0.6 is 0 Å². The fourth-order valence-corrected chi connectivity index (χ4v) is 5.22. The van der Waals surface area contributed by atoms with Gasteiger partial charge in [0.2, 0.25) is 21.8 Å². The van der Waals surface area contributed by atoms with Gasteiger partial charge in [-0.05, 0) is 61.2 Å². The van der Waals surface area contributed by atoms with E-state index in [0.717, 1.165) is 21.7 Å². The number of carbonyl (C=O) groups excluding carboxylic acids is 2. The normalized spacial score (nSPS) is 12.7. The van der Waals surface area contributed by atoms with Gasteiger partial charge in [-0.25, -0.2) is 12.8 Å². The summed E-state index contributed by atoms with van der Waals surface area (Å²) < 4.78 is 46.2. The minimum absolute atomic E-state index is 0.0346. The van der Waals surface area contributed by atoms with Crippen LogP contribution in [0.1, 0.15) is 37.0 Å². The van der Waals surface area contributed by atoms with Gasteiger partial charge >= 0.3 is 0 Å². The van der Waals surface area contributed by atoms with E-state index in [1.807, 2.05) is 44.2 Å². The number of carbonyl (C=O) groups is 2. The molecule has 2 amide bonds. The van der Waals surface area contributed by atoms with Crippen molar-refractivity contribution in [3.8, 4) is 5.75 Å². The van der Waals surface area contributed by atoms with E-state index in [4.69, 9.17) is 4.74 Å². The molecule has 1 N–H and O–H groups in total. The van der Waals surface area contributed by atoms with Gasteiger partial charge in [0.1, 0.15) is 24.2 Å². The zero-order chi connectivity index (χ0) is 30.2. The average molecular weight is 584 g/mol. The van der Waals surface area contributed by atoms with Gasteiger partial charge < -0.3 is 15.0 Å². The topological polar surface area (TPSA) is 96.0 Å². The lowest BCUT2D eigenvalue weighted by Gasteiger charge is -2.34. The standard InChI is InChI=1S/C31H38FN3O5S/c1-6-23(3)33-31(37)28(19-24-10-8-7-9-11-24)34(20-25-13-15-26(32)16-14-25)30(36)21-35(41(5,38)39)27-18-22(2)12-17-29(27)40-4/h7-18,23,28H,6,19-21H2,1-5H3,(H,33,37). The van der Waals surface area contributed by atoms with Crippen LogP contribution in [-0.4, -0.2) is 57.1 Å². The number of halogens is 1. The van der Waals surface area contributed by atoms with Crippen LogP contribution in [0.15, 0.2) is 72.8 Å². The van der Waals surface area contributed by atoms with Crippen molar-refractivity contribution in [3.63, 3.8) is 0 Å². The summed E-state index contributed by atoms with van der Waals surface area (Å²) in [5.41, 5.74) is 2.41. The van der Waals surface area contributed by atoms with Crippen LogP contribution in [0.2, 0.25) is 0 Å². The number of rotatable bonds is 13. The predicted molar refractivity (Wildman–Crippen MR) is 159 cm³/mol. The number of hydrogen-bond acceptors (Lipinski definition) is 5. The molecule has 41 heavy (non-hydrogen) atoms.